The molecule has 2 N–H and O–H groups in total. The van der Waals surface area contributed by atoms with Crippen molar-refractivity contribution in [2.45, 2.75) is 78.1 Å². The van der Waals surface area contributed by atoms with Crippen molar-refractivity contribution >= 4 is 20.1 Å². The minimum Gasteiger partial charge on any atom is -0.481 e. The second-order valence-corrected chi connectivity index (χ2v) is 15.8. The molecule has 0 amide bonds. The van der Waals surface area contributed by atoms with Gasteiger partial charge >= 0.3 is 5.97 Å². The zero-order chi connectivity index (χ0) is 24.2. The summed E-state index contributed by atoms with van der Waals surface area (Å²) < 4.78 is 5.70. The molecule has 0 aromatic carbocycles. The number of hydrogen-bond acceptors (Lipinski definition) is 5. The number of ketones is 1. The minimum atomic E-state index is -2.06. The summed E-state index contributed by atoms with van der Waals surface area (Å²) in [5, 5.41) is 20.1. The summed E-state index contributed by atoms with van der Waals surface area (Å²) >= 11 is 0. The maximum atomic E-state index is 12.0. The number of hydrogen-bond donors (Lipinski definition) is 2. The molecule has 4 aliphatic rings. The zero-order valence-corrected chi connectivity index (χ0v) is 21.3. The first kappa shape index (κ1) is 24.2. The van der Waals surface area contributed by atoms with Crippen LogP contribution in [0, 0.1) is 22.7 Å². The number of aliphatic hydroxyl groups is 1. The van der Waals surface area contributed by atoms with Crippen LogP contribution in [0.2, 0.25) is 19.6 Å². The van der Waals surface area contributed by atoms with Crippen LogP contribution in [-0.4, -0.2) is 36.4 Å². The molecule has 33 heavy (non-hydrogen) atoms. The van der Waals surface area contributed by atoms with Gasteiger partial charge in [0.1, 0.15) is 6.10 Å². The second kappa shape index (κ2) is 8.36. The molecule has 0 heterocycles. The van der Waals surface area contributed by atoms with Crippen molar-refractivity contribution in [2.75, 3.05) is 0 Å². The van der Waals surface area contributed by atoms with Gasteiger partial charge in [-0.15, -0.1) is 0 Å². The fourth-order valence-corrected chi connectivity index (χ4v) is 6.82. The van der Waals surface area contributed by atoms with Gasteiger partial charge < -0.3 is 15.1 Å². The third-order valence-corrected chi connectivity index (χ3v) is 8.67. The van der Waals surface area contributed by atoms with Gasteiger partial charge in [0.25, 0.3) is 0 Å². The molecule has 4 aliphatic carbocycles. The van der Waals surface area contributed by atoms with E-state index in [1.54, 1.807) is 6.08 Å². The molecular weight excluding hydrogens is 436 g/mol. The normalized spacial score (nSPS) is 35.6. The number of carboxylic acid groups (broad SMARTS) is 1. The van der Waals surface area contributed by atoms with E-state index in [0.717, 1.165) is 37.7 Å². The van der Waals surface area contributed by atoms with Crippen LogP contribution in [0.5, 0.6) is 0 Å². The Morgan fingerprint density at radius 2 is 1.97 bits per heavy atom. The van der Waals surface area contributed by atoms with E-state index in [2.05, 4.69) is 26.0 Å². The summed E-state index contributed by atoms with van der Waals surface area (Å²) in [4.78, 5) is 29.1. The van der Waals surface area contributed by atoms with Crippen molar-refractivity contribution in [3.05, 3.63) is 46.8 Å². The Bertz CT molecular complexity index is 983. The summed E-state index contributed by atoms with van der Waals surface area (Å²) in [5.41, 5.74) is 3.18. The number of aliphatic hydroxyl groups excluding tert-OH is 1. The number of aliphatic carboxylic acids is 1. The molecule has 4 rings (SSSR count). The smallest absolute Gasteiger partial charge is 0.306 e. The molecule has 0 spiro atoms. The lowest BCUT2D eigenvalue weighted by Crippen LogP contribution is -2.42. The molecule has 2 fully saturated rings. The largest absolute Gasteiger partial charge is 0.481 e. The van der Waals surface area contributed by atoms with E-state index in [4.69, 9.17) is 9.46 Å². The molecular formula is C26H36O6Si. The van der Waals surface area contributed by atoms with E-state index in [1.807, 2.05) is 25.7 Å². The average Bonchev–Trinajstić information content (AvgIpc) is 3.04. The number of fused-ring (bicyclic) bond motifs is 5. The van der Waals surface area contributed by atoms with E-state index in [1.165, 1.54) is 11.1 Å². The maximum absolute atomic E-state index is 12.0. The highest BCUT2D eigenvalue weighted by atomic mass is 28.4. The van der Waals surface area contributed by atoms with Crippen LogP contribution in [0.3, 0.4) is 0 Å². The third kappa shape index (κ3) is 4.31. The van der Waals surface area contributed by atoms with Gasteiger partial charge in [0, 0.05) is 5.41 Å². The Labute approximate surface area is 197 Å². The van der Waals surface area contributed by atoms with Gasteiger partial charge in [0.05, 0.1) is 6.42 Å². The quantitative estimate of drug-likeness (QED) is 0.184. The molecule has 6 nitrogen and oxygen atoms in total. The Kier molecular flexibility index (Phi) is 6.12. The Morgan fingerprint density at radius 3 is 2.64 bits per heavy atom. The van der Waals surface area contributed by atoms with Crippen LogP contribution in [0.1, 0.15) is 52.4 Å². The van der Waals surface area contributed by atoms with E-state index in [0.29, 0.717) is 17.6 Å². The maximum Gasteiger partial charge on any atom is 0.306 e. The lowest BCUT2D eigenvalue weighted by atomic mass is 9.53. The lowest BCUT2D eigenvalue weighted by Gasteiger charge is -2.51. The van der Waals surface area contributed by atoms with Crippen LogP contribution in [-0.2, 0) is 19.1 Å². The van der Waals surface area contributed by atoms with E-state index in [-0.39, 0.29) is 16.6 Å². The first-order valence-corrected chi connectivity index (χ1v) is 15.4. The highest BCUT2D eigenvalue weighted by molar-refractivity contribution is 6.69. The monoisotopic (exact) mass is 472 g/mol. The van der Waals surface area contributed by atoms with Gasteiger partial charge in [-0.1, -0.05) is 30.2 Å². The van der Waals surface area contributed by atoms with Crippen molar-refractivity contribution < 1.29 is 29.3 Å². The molecule has 0 aromatic rings. The van der Waals surface area contributed by atoms with Crippen molar-refractivity contribution in [1.29, 1.82) is 0 Å². The molecule has 0 aliphatic heterocycles. The predicted molar refractivity (Wildman–Crippen MR) is 127 cm³/mol. The van der Waals surface area contributed by atoms with Crippen molar-refractivity contribution in [1.82, 2.24) is 0 Å². The molecule has 0 aromatic heterocycles. The van der Waals surface area contributed by atoms with Crippen LogP contribution < -0.4 is 0 Å². The fraction of sp³-hybridized carbons (Fsp3) is 0.615. The Balaban J connectivity index is 1.72. The van der Waals surface area contributed by atoms with Crippen molar-refractivity contribution in [3.63, 3.8) is 0 Å². The number of carbonyl (C=O) groups is 2. The SMILES string of the molecule is C[C@]12C=CC(=O)C=C1CC[C@@H]1C2=CC[C@]2(C)C(=C(OO[Si](C)(C)C)C(O)CC(=O)O)CC[C@@H]12. The number of carbonyl (C=O) groups excluding carboxylic acids is 1. The molecule has 7 heteroatoms. The first-order valence-electron chi connectivity index (χ1n) is 12.0. The number of rotatable bonds is 6. The number of allylic oxidation sites excluding steroid dienone is 7. The van der Waals surface area contributed by atoms with Gasteiger partial charge in [0.2, 0.25) is 8.32 Å². The predicted octanol–water partition coefficient (Wildman–Crippen LogP) is 5.09. The fourth-order valence-electron chi connectivity index (χ4n) is 6.48. The number of carboxylic acids is 1. The highest BCUT2D eigenvalue weighted by Crippen LogP contribution is 2.64. The van der Waals surface area contributed by atoms with E-state index < -0.39 is 26.8 Å². The van der Waals surface area contributed by atoms with E-state index in [9.17, 15) is 19.8 Å². The molecule has 0 radical (unpaired) electrons. The standard InChI is InChI=1S/C26H36O6Si/c1-25-12-10-17(27)14-16(25)6-7-18-19-8-9-21(26(19,2)13-11-20(18)25)24(22(28)15-23(29)30)31-32-33(3,4)5/h10-12,14,18-19,22,28H,6-9,13,15H2,1-5H3,(H,29,30)/t18-,19-,22?,25-,26-/m0/s1. The topological polar surface area (TPSA) is 93.1 Å². The minimum absolute atomic E-state index is 0.0740. The molecule has 0 saturated heterocycles. The van der Waals surface area contributed by atoms with Crippen molar-refractivity contribution in [3.8, 4) is 0 Å². The Hall–Kier alpha value is -1.96. The summed E-state index contributed by atoms with van der Waals surface area (Å²) in [6.45, 7) is 10.4. The van der Waals surface area contributed by atoms with Gasteiger partial charge in [-0.05, 0) is 93.6 Å². The van der Waals surface area contributed by atoms with Crippen LogP contribution in [0.4, 0.5) is 0 Å². The first-order chi connectivity index (χ1) is 15.3. The molecule has 180 valence electrons. The molecule has 1 unspecified atom stereocenters. The summed E-state index contributed by atoms with van der Waals surface area (Å²) in [7, 11) is -2.06. The second-order valence-electron chi connectivity index (χ2n) is 11.4. The van der Waals surface area contributed by atoms with Gasteiger partial charge in [-0.2, -0.15) is 0 Å². The highest BCUT2D eigenvalue weighted by Gasteiger charge is 2.55. The summed E-state index contributed by atoms with van der Waals surface area (Å²) in [5.74, 6) is 0.0645. The van der Waals surface area contributed by atoms with Crippen LogP contribution >= 0.6 is 0 Å². The molecule has 0 bridgehead atoms. The summed E-state index contributed by atoms with van der Waals surface area (Å²) in [6.07, 6.45) is 10.7. The van der Waals surface area contributed by atoms with Gasteiger partial charge in [0.15, 0.2) is 11.5 Å². The third-order valence-electron chi connectivity index (χ3n) is 8.08. The zero-order valence-electron chi connectivity index (χ0n) is 20.3. The van der Waals surface area contributed by atoms with Gasteiger partial charge in [-0.3, -0.25) is 9.59 Å². The van der Waals surface area contributed by atoms with Crippen LogP contribution in [0.25, 0.3) is 0 Å². The summed E-state index contributed by atoms with van der Waals surface area (Å²) in [6, 6.07) is 0. The van der Waals surface area contributed by atoms with Crippen molar-refractivity contribution in [2.24, 2.45) is 22.7 Å². The lowest BCUT2D eigenvalue weighted by molar-refractivity contribution is -0.195. The Morgan fingerprint density at radius 1 is 1.24 bits per heavy atom. The van der Waals surface area contributed by atoms with E-state index >= 15 is 0 Å². The average molecular weight is 473 g/mol. The molecule has 2 saturated carbocycles. The molecule has 5 atom stereocenters. The van der Waals surface area contributed by atoms with Gasteiger partial charge in [-0.25, -0.2) is 4.58 Å². The van der Waals surface area contributed by atoms with Crippen LogP contribution in [0.15, 0.2) is 46.8 Å².